The SMILES string of the molecule is O=C1CC(NCC2CCOCC2)C(=O)N1C1CCCC1. The summed E-state index contributed by atoms with van der Waals surface area (Å²) in [6, 6.07) is -0.115. The van der Waals surface area contributed by atoms with Crippen molar-refractivity contribution >= 4 is 11.8 Å². The van der Waals surface area contributed by atoms with Gasteiger partial charge in [0.25, 0.3) is 0 Å². The monoisotopic (exact) mass is 280 g/mol. The van der Waals surface area contributed by atoms with Crippen LogP contribution < -0.4 is 5.32 Å². The number of rotatable bonds is 4. The van der Waals surface area contributed by atoms with Crippen LogP contribution in [0.2, 0.25) is 0 Å². The van der Waals surface area contributed by atoms with E-state index in [9.17, 15) is 9.59 Å². The summed E-state index contributed by atoms with van der Waals surface area (Å²) < 4.78 is 5.34. The fraction of sp³-hybridized carbons (Fsp3) is 0.867. The summed E-state index contributed by atoms with van der Waals surface area (Å²) in [4.78, 5) is 26.0. The van der Waals surface area contributed by atoms with Gasteiger partial charge in [0.05, 0.1) is 12.5 Å². The molecule has 3 rings (SSSR count). The number of carbonyl (C=O) groups excluding carboxylic acids is 2. The molecule has 1 unspecified atom stereocenters. The molecule has 0 aromatic heterocycles. The first kappa shape index (κ1) is 14.0. The van der Waals surface area contributed by atoms with E-state index in [0.717, 1.165) is 58.3 Å². The Morgan fingerprint density at radius 1 is 1.10 bits per heavy atom. The van der Waals surface area contributed by atoms with E-state index in [1.165, 1.54) is 0 Å². The van der Waals surface area contributed by atoms with E-state index in [1.54, 1.807) is 4.90 Å². The van der Waals surface area contributed by atoms with Crippen LogP contribution in [-0.2, 0) is 14.3 Å². The molecule has 0 spiro atoms. The Hall–Kier alpha value is -0.940. The second-order valence-corrected chi connectivity index (χ2v) is 6.26. The largest absolute Gasteiger partial charge is 0.381 e. The minimum atomic E-state index is -0.286. The van der Waals surface area contributed by atoms with Crippen LogP contribution in [-0.4, -0.2) is 48.6 Å². The molecule has 20 heavy (non-hydrogen) atoms. The van der Waals surface area contributed by atoms with E-state index in [0.29, 0.717) is 12.3 Å². The number of imide groups is 1. The number of carbonyl (C=O) groups is 2. The summed E-state index contributed by atoms with van der Waals surface area (Å²) in [5.41, 5.74) is 0. The van der Waals surface area contributed by atoms with Crippen molar-refractivity contribution in [3.05, 3.63) is 0 Å². The maximum Gasteiger partial charge on any atom is 0.247 e. The third kappa shape index (κ3) is 2.88. The van der Waals surface area contributed by atoms with Crippen molar-refractivity contribution in [2.75, 3.05) is 19.8 Å². The van der Waals surface area contributed by atoms with Crippen LogP contribution in [0.25, 0.3) is 0 Å². The number of likely N-dealkylation sites (tertiary alicyclic amines) is 1. The van der Waals surface area contributed by atoms with Crippen molar-refractivity contribution in [3.8, 4) is 0 Å². The minimum absolute atomic E-state index is 0.00830. The summed E-state index contributed by atoms with van der Waals surface area (Å²) in [6.07, 6.45) is 6.71. The highest BCUT2D eigenvalue weighted by Gasteiger charge is 2.42. The lowest BCUT2D eigenvalue weighted by Crippen LogP contribution is -2.44. The molecule has 3 aliphatic rings. The molecular weight excluding hydrogens is 256 g/mol. The van der Waals surface area contributed by atoms with Crippen molar-refractivity contribution in [2.45, 2.75) is 57.0 Å². The Bertz CT molecular complexity index is 373. The van der Waals surface area contributed by atoms with Gasteiger partial charge >= 0.3 is 0 Å². The first-order valence-corrected chi connectivity index (χ1v) is 7.92. The minimum Gasteiger partial charge on any atom is -0.381 e. The fourth-order valence-electron chi connectivity index (χ4n) is 3.62. The Balaban J connectivity index is 1.52. The number of ether oxygens (including phenoxy) is 1. The predicted octanol–water partition coefficient (Wildman–Crippen LogP) is 1.07. The van der Waals surface area contributed by atoms with Crippen LogP contribution >= 0.6 is 0 Å². The standard InChI is InChI=1S/C15H24N2O3/c18-14-9-13(16-10-11-5-7-20-8-6-11)15(19)17(14)12-3-1-2-4-12/h11-13,16H,1-10H2. The first-order chi connectivity index (χ1) is 9.75. The highest BCUT2D eigenvalue weighted by atomic mass is 16.5. The van der Waals surface area contributed by atoms with Gasteiger partial charge in [-0.15, -0.1) is 0 Å². The van der Waals surface area contributed by atoms with Gasteiger partial charge in [-0.3, -0.25) is 14.5 Å². The Kier molecular flexibility index (Phi) is 4.36. The molecule has 1 atom stereocenters. The number of hydrogen-bond acceptors (Lipinski definition) is 4. The Morgan fingerprint density at radius 3 is 2.50 bits per heavy atom. The molecule has 1 N–H and O–H groups in total. The van der Waals surface area contributed by atoms with Crippen molar-refractivity contribution in [1.29, 1.82) is 0 Å². The Morgan fingerprint density at radius 2 is 1.80 bits per heavy atom. The lowest BCUT2D eigenvalue weighted by Gasteiger charge is -2.24. The van der Waals surface area contributed by atoms with Crippen molar-refractivity contribution in [3.63, 3.8) is 0 Å². The summed E-state index contributed by atoms with van der Waals surface area (Å²) >= 11 is 0. The van der Waals surface area contributed by atoms with Crippen molar-refractivity contribution in [1.82, 2.24) is 10.2 Å². The fourth-order valence-corrected chi connectivity index (χ4v) is 3.62. The molecule has 2 heterocycles. The Labute approximate surface area is 120 Å². The van der Waals surface area contributed by atoms with Crippen LogP contribution in [0.1, 0.15) is 44.9 Å². The highest BCUT2D eigenvalue weighted by molar-refractivity contribution is 6.05. The van der Waals surface area contributed by atoms with Crippen molar-refractivity contribution in [2.24, 2.45) is 5.92 Å². The molecule has 5 nitrogen and oxygen atoms in total. The highest BCUT2D eigenvalue weighted by Crippen LogP contribution is 2.28. The average Bonchev–Trinajstić information content (AvgIpc) is 3.06. The molecule has 2 amide bonds. The second kappa shape index (κ2) is 6.22. The lowest BCUT2D eigenvalue weighted by molar-refractivity contribution is -0.141. The van der Waals surface area contributed by atoms with E-state index < -0.39 is 0 Å². The summed E-state index contributed by atoms with van der Waals surface area (Å²) in [7, 11) is 0. The predicted molar refractivity (Wildman–Crippen MR) is 74.1 cm³/mol. The van der Waals surface area contributed by atoms with Gasteiger partial charge in [-0.2, -0.15) is 0 Å². The smallest absolute Gasteiger partial charge is 0.247 e. The van der Waals surface area contributed by atoms with Crippen LogP contribution in [0, 0.1) is 5.92 Å². The molecule has 112 valence electrons. The average molecular weight is 280 g/mol. The molecule has 1 saturated carbocycles. The quantitative estimate of drug-likeness (QED) is 0.783. The molecule has 0 radical (unpaired) electrons. The first-order valence-electron chi connectivity index (χ1n) is 7.92. The zero-order valence-corrected chi connectivity index (χ0v) is 12.0. The third-order valence-corrected chi connectivity index (χ3v) is 4.87. The maximum atomic E-state index is 12.4. The number of hydrogen-bond donors (Lipinski definition) is 1. The zero-order valence-electron chi connectivity index (χ0n) is 12.0. The van der Waals surface area contributed by atoms with Crippen LogP contribution in [0.3, 0.4) is 0 Å². The van der Waals surface area contributed by atoms with Gasteiger partial charge in [0.15, 0.2) is 0 Å². The molecule has 5 heteroatoms. The third-order valence-electron chi connectivity index (χ3n) is 4.87. The molecule has 3 fully saturated rings. The molecular formula is C15H24N2O3. The number of nitrogens with one attached hydrogen (secondary N) is 1. The molecule has 2 aliphatic heterocycles. The van der Waals surface area contributed by atoms with Gasteiger partial charge in [0.1, 0.15) is 0 Å². The van der Waals surface area contributed by atoms with E-state index in [4.69, 9.17) is 4.74 Å². The van der Waals surface area contributed by atoms with Gasteiger partial charge in [-0.1, -0.05) is 12.8 Å². The van der Waals surface area contributed by atoms with Crippen LogP contribution in [0.4, 0.5) is 0 Å². The maximum absolute atomic E-state index is 12.4. The number of amides is 2. The zero-order chi connectivity index (χ0) is 13.9. The van der Waals surface area contributed by atoms with Crippen LogP contribution in [0.15, 0.2) is 0 Å². The van der Waals surface area contributed by atoms with Gasteiger partial charge in [-0.05, 0) is 38.1 Å². The molecule has 0 bridgehead atoms. The van der Waals surface area contributed by atoms with Gasteiger partial charge < -0.3 is 10.1 Å². The summed E-state index contributed by atoms with van der Waals surface area (Å²) in [6.45, 7) is 2.46. The molecule has 1 aliphatic carbocycles. The van der Waals surface area contributed by atoms with Crippen LogP contribution in [0.5, 0.6) is 0 Å². The summed E-state index contributed by atoms with van der Waals surface area (Å²) in [5, 5.41) is 3.32. The topological polar surface area (TPSA) is 58.6 Å². The summed E-state index contributed by atoms with van der Waals surface area (Å²) in [5.74, 6) is 0.604. The van der Waals surface area contributed by atoms with Crippen molar-refractivity contribution < 1.29 is 14.3 Å². The van der Waals surface area contributed by atoms with Gasteiger partial charge in [0.2, 0.25) is 11.8 Å². The van der Waals surface area contributed by atoms with E-state index in [2.05, 4.69) is 5.32 Å². The van der Waals surface area contributed by atoms with E-state index in [1.807, 2.05) is 0 Å². The van der Waals surface area contributed by atoms with Gasteiger partial charge in [-0.25, -0.2) is 0 Å². The molecule has 0 aromatic carbocycles. The van der Waals surface area contributed by atoms with E-state index >= 15 is 0 Å². The second-order valence-electron chi connectivity index (χ2n) is 6.26. The molecule has 2 saturated heterocycles. The van der Waals surface area contributed by atoms with Gasteiger partial charge in [0, 0.05) is 19.3 Å². The molecule has 0 aromatic rings. The normalized spacial score (nSPS) is 29.6. The lowest BCUT2D eigenvalue weighted by atomic mass is 10.00. The number of nitrogens with zero attached hydrogens (tertiary/aromatic N) is 1. The van der Waals surface area contributed by atoms with E-state index in [-0.39, 0.29) is 23.9 Å².